The highest BCUT2D eigenvalue weighted by molar-refractivity contribution is 5.94. The lowest BCUT2D eigenvalue weighted by atomic mass is 9.89. The van der Waals surface area contributed by atoms with Gasteiger partial charge in [-0.3, -0.25) is 9.59 Å². The molecule has 1 atom stereocenters. The summed E-state index contributed by atoms with van der Waals surface area (Å²) in [5.41, 5.74) is 1.41. The summed E-state index contributed by atoms with van der Waals surface area (Å²) in [6.07, 6.45) is 1.87. The summed E-state index contributed by atoms with van der Waals surface area (Å²) in [4.78, 5) is 23.6. The van der Waals surface area contributed by atoms with Crippen molar-refractivity contribution in [3.8, 4) is 5.75 Å². The first-order valence-electron chi connectivity index (χ1n) is 9.05. The molecule has 0 fully saturated rings. The van der Waals surface area contributed by atoms with Gasteiger partial charge in [0.2, 0.25) is 5.91 Å². The Morgan fingerprint density at radius 3 is 2.27 bits per heavy atom. The Morgan fingerprint density at radius 1 is 1.04 bits per heavy atom. The summed E-state index contributed by atoms with van der Waals surface area (Å²) >= 11 is 0. The third-order valence-electron chi connectivity index (χ3n) is 4.61. The Morgan fingerprint density at radius 2 is 1.69 bits per heavy atom. The standard InChI is InChI=1S/C22H27NO3/c1-4-22(3,19-9-6-5-7-10-19)23-21(25)11-8-16-26-20-14-12-18(13-15-20)17(2)24/h5-7,9-10,12-15H,4,8,11,16H2,1-3H3,(H,23,25). The highest BCUT2D eigenvalue weighted by Gasteiger charge is 2.25. The molecule has 2 aromatic carbocycles. The number of ether oxygens (including phenoxy) is 1. The minimum Gasteiger partial charge on any atom is -0.494 e. The van der Waals surface area contributed by atoms with Crippen molar-refractivity contribution in [3.05, 3.63) is 65.7 Å². The molecule has 0 aliphatic rings. The molecule has 4 heteroatoms. The average molecular weight is 353 g/mol. The van der Waals surface area contributed by atoms with Crippen molar-refractivity contribution in [1.29, 1.82) is 0 Å². The fourth-order valence-electron chi connectivity index (χ4n) is 2.75. The molecule has 2 rings (SSSR count). The number of hydrogen-bond acceptors (Lipinski definition) is 3. The molecule has 0 saturated carbocycles. The minimum absolute atomic E-state index is 0.0220. The zero-order valence-electron chi connectivity index (χ0n) is 15.7. The molecule has 1 unspecified atom stereocenters. The molecule has 2 aromatic rings. The predicted octanol–water partition coefficient (Wildman–Crippen LogP) is 4.49. The first-order chi connectivity index (χ1) is 12.4. The van der Waals surface area contributed by atoms with Gasteiger partial charge < -0.3 is 10.1 Å². The van der Waals surface area contributed by atoms with Crippen LogP contribution in [0.15, 0.2) is 54.6 Å². The molecule has 0 bridgehead atoms. The van der Waals surface area contributed by atoms with E-state index in [1.807, 2.05) is 37.3 Å². The number of hydrogen-bond donors (Lipinski definition) is 1. The summed E-state index contributed by atoms with van der Waals surface area (Å²) < 4.78 is 5.64. The molecule has 0 radical (unpaired) electrons. The van der Waals surface area contributed by atoms with Crippen LogP contribution < -0.4 is 10.1 Å². The van der Waals surface area contributed by atoms with Crippen LogP contribution in [0.2, 0.25) is 0 Å². The lowest BCUT2D eigenvalue weighted by Crippen LogP contribution is -2.43. The van der Waals surface area contributed by atoms with Crippen LogP contribution in [0.5, 0.6) is 5.75 Å². The van der Waals surface area contributed by atoms with Gasteiger partial charge in [-0.2, -0.15) is 0 Å². The van der Waals surface area contributed by atoms with Gasteiger partial charge in [0.1, 0.15) is 5.75 Å². The minimum atomic E-state index is -0.359. The molecule has 0 heterocycles. The summed E-state index contributed by atoms with van der Waals surface area (Å²) in [6.45, 7) is 6.11. The van der Waals surface area contributed by atoms with Crippen LogP contribution in [0, 0.1) is 0 Å². The average Bonchev–Trinajstić information content (AvgIpc) is 2.66. The molecule has 0 aliphatic heterocycles. The van der Waals surface area contributed by atoms with Crippen LogP contribution in [0.4, 0.5) is 0 Å². The monoisotopic (exact) mass is 353 g/mol. The quantitative estimate of drug-likeness (QED) is 0.534. The molecule has 1 N–H and O–H groups in total. The number of benzene rings is 2. The van der Waals surface area contributed by atoms with Gasteiger partial charge in [-0.05, 0) is 56.5 Å². The second-order valence-electron chi connectivity index (χ2n) is 6.63. The van der Waals surface area contributed by atoms with Crippen molar-refractivity contribution in [1.82, 2.24) is 5.32 Å². The van der Waals surface area contributed by atoms with Crippen molar-refractivity contribution in [2.24, 2.45) is 0 Å². The topological polar surface area (TPSA) is 55.4 Å². The second kappa shape index (κ2) is 9.18. The lowest BCUT2D eigenvalue weighted by molar-refractivity contribution is -0.123. The highest BCUT2D eigenvalue weighted by Crippen LogP contribution is 2.24. The second-order valence-corrected chi connectivity index (χ2v) is 6.63. The first-order valence-corrected chi connectivity index (χ1v) is 9.05. The van der Waals surface area contributed by atoms with Crippen molar-refractivity contribution < 1.29 is 14.3 Å². The number of carbonyl (C=O) groups is 2. The molecule has 0 saturated heterocycles. The van der Waals surface area contributed by atoms with Crippen molar-refractivity contribution in [2.75, 3.05) is 6.61 Å². The third-order valence-corrected chi connectivity index (χ3v) is 4.61. The summed E-state index contributed by atoms with van der Waals surface area (Å²) in [5, 5.41) is 3.15. The zero-order chi connectivity index (χ0) is 19.0. The Balaban J connectivity index is 1.78. The lowest BCUT2D eigenvalue weighted by Gasteiger charge is -2.30. The van der Waals surface area contributed by atoms with E-state index >= 15 is 0 Å². The first kappa shape index (κ1) is 19.7. The largest absolute Gasteiger partial charge is 0.494 e. The number of Topliss-reactive ketones (excluding diaryl/α,β-unsaturated/α-hetero) is 1. The summed E-state index contributed by atoms with van der Waals surface area (Å²) in [7, 11) is 0. The van der Waals surface area contributed by atoms with E-state index in [-0.39, 0.29) is 17.2 Å². The van der Waals surface area contributed by atoms with Crippen LogP contribution >= 0.6 is 0 Å². The van der Waals surface area contributed by atoms with Crippen LogP contribution in [0.25, 0.3) is 0 Å². The Bertz CT molecular complexity index is 725. The van der Waals surface area contributed by atoms with Crippen molar-refractivity contribution in [3.63, 3.8) is 0 Å². The molecule has 138 valence electrons. The number of ketones is 1. The molecule has 4 nitrogen and oxygen atoms in total. The van der Waals surface area contributed by atoms with E-state index in [9.17, 15) is 9.59 Å². The van der Waals surface area contributed by atoms with Crippen LogP contribution in [0.1, 0.15) is 56.0 Å². The number of amides is 1. The Hall–Kier alpha value is -2.62. The molecule has 0 spiro atoms. The van der Waals surface area contributed by atoms with Gasteiger partial charge in [-0.1, -0.05) is 37.3 Å². The van der Waals surface area contributed by atoms with Gasteiger partial charge in [0.15, 0.2) is 5.78 Å². The molecule has 26 heavy (non-hydrogen) atoms. The van der Waals surface area contributed by atoms with E-state index in [0.717, 1.165) is 12.0 Å². The Labute approximate surface area is 155 Å². The number of nitrogens with one attached hydrogen (secondary N) is 1. The molecule has 0 aromatic heterocycles. The van der Waals surface area contributed by atoms with Gasteiger partial charge in [-0.25, -0.2) is 0 Å². The van der Waals surface area contributed by atoms with E-state index in [2.05, 4.69) is 12.2 Å². The molecule has 0 aliphatic carbocycles. The van der Waals surface area contributed by atoms with Gasteiger partial charge >= 0.3 is 0 Å². The van der Waals surface area contributed by atoms with Crippen LogP contribution in [-0.2, 0) is 10.3 Å². The normalized spacial score (nSPS) is 12.9. The predicted molar refractivity (Wildman–Crippen MR) is 103 cm³/mol. The van der Waals surface area contributed by atoms with Crippen LogP contribution in [0.3, 0.4) is 0 Å². The van der Waals surface area contributed by atoms with Gasteiger partial charge in [0, 0.05) is 12.0 Å². The number of rotatable bonds is 9. The SMILES string of the molecule is CCC(C)(NC(=O)CCCOc1ccc(C(C)=O)cc1)c1ccccc1. The molecule has 1 amide bonds. The van der Waals surface area contributed by atoms with Crippen molar-refractivity contribution >= 4 is 11.7 Å². The van der Waals surface area contributed by atoms with Crippen molar-refractivity contribution in [2.45, 2.75) is 45.6 Å². The van der Waals surface area contributed by atoms with E-state index < -0.39 is 0 Å². The maximum atomic E-state index is 12.3. The van der Waals surface area contributed by atoms with E-state index in [1.165, 1.54) is 6.92 Å². The summed E-state index contributed by atoms with van der Waals surface area (Å²) in [6, 6.07) is 17.1. The van der Waals surface area contributed by atoms with E-state index in [1.54, 1.807) is 24.3 Å². The molecular weight excluding hydrogens is 326 g/mol. The van der Waals surface area contributed by atoms with Gasteiger partial charge in [0.25, 0.3) is 0 Å². The Kier molecular flexibility index (Phi) is 6.96. The third kappa shape index (κ3) is 5.45. The number of carbonyl (C=O) groups excluding carboxylic acids is 2. The molecular formula is C22H27NO3. The smallest absolute Gasteiger partial charge is 0.220 e. The van der Waals surface area contributed by atoms with Crippen LogP contribution in [-0.4, -0.2) is 18.3 Å². The highest BCUT2D eigenvalue weighted by atomic mass is 16.5. The maximum absolute atomic E-state index is 12.3. The van der Waals surface area contributed by atoms with Gasteiger partial charge in [0.05, 0.1) is 12.1 Å². The zero-order valence-corrected chi connectivity index (χ0v) is 15.7. The van der Waals surface area contributed by atoms with E-state index in [4.69, 9.17) is 4.74 Å². The maximum Gasteiger partial charge on any atom is 0.220 e. The fourth-order valence-corrected chi connectivity index (χ4v) is 2.75. The fraction of sp³-hybridized carbons (Fsp3) is 0.364. The van der Waals surface area contributed by atoms with E-state index in [0.29, 0.717) is 30.8 Å². The summed E-state index contributed by atoms with van der Waals surface area (Å²) in [5.74, 6) is 0.762. The van der Waals surface area contributed by atoms with Gasteiger partial charge in [-0.15, -0.1) is 0 Å².